The zero-order valence-corrected chi connectivity index (χ0v) is 21.8. The topological polar surface area (TPSA) is 76.1 Å². The van der Waals surface area contributed by atoms with E-state index in [-0.39, 0.29) is 17.9 Å². The number of methoxy groups -OCH3 is 1. The lowest BCUT2D eigenvalue weighted by Gasteiger charge is -2.26. The highest BCUT2D eigenvalue weighted by Gasteiger charge is 2.46. The van der Waals surface area contributed by atoms with Gasteiger partial charge in [-0.2, -0.15) is 0 Å². The van der Waals surface area contributed by atoms with Gasteiger partial charge in [-0.05, 0) is 35.7 Å². The molecule has 4 aromatic rings. The van der Waals surface area contributed by atoms with E-state index < -0.39 is 17.7 Å². The van der Waals surface area contributed by atoms with Crippen molar-refractivity contribution in [3.05, 3.63) is 137 Å². The molecule has 196 valence electrons. The number of likely N-dealkylation sites (tertiary alicyclic amines) is 1. The van der Waals surface area contributed by atoms with Crippen LogP contribution in [0.2, 0.25) is 0 Å². The van der Waals surface area contributed by atoms with Gasteiger partial charge in [0.25, 0.3) is 11.7 Å². The number of hydrogen-bond donors (Lipinski definition) is 1. The Balaban J connectivity index is 1.57. The molecule has 6 heteroatoms. The van der Waals surface area contributed by atoms with Gasteiger partial charge in [-0.25, -0.2) is 0 Å². The monoisotopic (exact) mass is 519 g/mol. The van der Waals surface area contributed by atoms with Gasteiger partial charge in [0.2, 0.25) is 0 Å². The molecule has 1 aliphatic rings. The van der Waals surface area contributed by atoms with Gasteiger partial charge in [0.05, 0.1) is 18.7 Å². The number of rotatable bonds is 8. The number of aliphatic hydroxyl groups excluding tert-OH is 1. The SMILES string of the molecule is COc1cc(C2C(=C(O)c3ccc(C)cc3)C(=O)C(=O)N2Cc2ccccc2)ccc1OCc1ccccc1. The van der Waals surface area contributed by atoms with Crippen LogP contribution in [-0.4, -0.2) is 28.8 Å². The molecule has 1 unspecified atom stereocenters. The van der Waals surface area contributed by atoms with Gasteiger partial charge in [0, 0.05) is 12.1 Å². The van der Waals surface area contributed by atoms with E-state index >= 15 is 0 Å². The minimum absolute atomic E-state index is 0.0415. The van der Waals surface area contributed by atoms with E-state index in [1.165, 1.54) is 4.90 Å². The summed E-state index contributed by atoms with van der Waals surface area (Å²) in [5.74, 6) is -0.608. The van der Waals surface area contributed by atoms with Crippen LogP contribution in [0.1, 0.15) is 33.9 Å². The highest BCUT2D eigenvalue weighted by Crippen LogP contribution is 2.42. The molecule has 5 rings (SSSR count). The van der Waals surface area contributed by atoms with E-state index in [1.54, 1.807) is 37.4 Å². The number of Topliss-reactive ketones (excluding diaryl/α,β-unsaturated/α-hetero) is 1. The predicted molar refractivity (Wildman–Crippen MR) is 149 cm³/mol. The average molecular weight is 520 g/mol. The van der Waals surface area contributed by atoms with Crippen LogP contribution in [0.25, 0.3) is 5.76 Å². The number of carbonyl (C=O) groups is 2. The number of benzene rings is 4. The van der Waals surface area contributed by atoms with Crippen LogP contribution in [0.3, 0.4) is 0 Å². The fourth-order valence-electron chi connectivity index (χ4n) is 4.75. The van der Waals surface area contributed by atoms with E-state index in [2.05, 4.69) is 0 Å². The molecule has 1 N–H and O–H groups in total. The smallest absolute Gasteiger partial charge is 0.295 e. The first-order valence-electron chi connectivity index (χ1n) is 12.7. The first-order valence-corrected chi connectivity index (χ1v) is 12.7. The molecule has 0 aromatic heterocycles. The number of aryl methyl sites for hydroxylation is 1. The second kappa shape index (κ2) is 11.3. The maximum atomic E-state index is 13.4. The summed E-state index contributed by atoms with van der Waals surface area (Å²) in [7, 11) is 1.54. The lowest BCUT2D eigenvalue weighted by atomic mass is 9.94. The molecular weight excluding hydrogens is 490 g/mol. The molecule has 0 spiro atoms. The molecule has 0 bridgehead atoms. The van der Waals surface area contributed by atoms with Crippen LogP contribution >= 0.6 is 0 Å². The van der Waals surface area contributed by atoms with E-state index in [4.69, 9.17) is 9.47 Å². The summed E-state index contributed by atoms with van der Waals surface area (Å²) >= 11 is 0. The van der Waals surface area contributed by atoms with Crippen molar-refractivity contribution in [2.24, 2.45) is 0 Å². The molecule has 39 heavy (non-hydrogen) atoms. The largest absolute Gasteiger partial charge is 0.507 e. The number of ether oxygens (including phenoxy) is 2. The van der Waals surface area contributed by atoms with Crippen LogP contribution < -0.4 is 9.47 Å². The van der Waals surface area contributed by atoms with Crippen molar-refractivity contribution in [3.8, 4) is 11.5 Å². The predicted octanol–water partition coefficient (Wildman–Crippen LogP) is 6.20. The Morgan fingerprint density at radius 3 is 2.10 bits per heavy atom. The second-order valence-electron chi connectivity index (χ2n) is 9.46. The molecular formula is C33H29NO5. The van der Waals surface area contributed by atoms with Gasteiger partial charge >= 0.3 is 0 Å². The number of carbonyl (C=O) groups excluding carboxylic acids is 2. The molecule has 1 saturated heterocycles. The zero-order valence-electron chi connectivity index (χ0n) is 21.8. The highest BCUT2D eigenvalue weighted by atomic mass is 16.5. The van der Waals surface area contributed by atoms with Gasteiger partial charge in [0.1, 0.15) is 12.4 Å². The van der Waals surface area contributed by atoms with E-state index in [9.17, 15) is 14.7 Å². The van der Waals surface area contributed by atoms with Gasteiger partial charge in [-0.1, -0.05) is 96.6 Å². The van der Waals surface area contributed by atoms with Crippen LogP contribution in [0.15, 0.2) is 109 Å². The molecule has 0 radical (unpaired) electrons. The molecule has 1 amide bonds. The Kier molecular flexibility index (Phi) is 7.46. The maximum Gasteiger partial charge on any atom is 0.295 e. The number of amides is 1. The standard InChI is InChI=1S/C33H29NO5/c1-22-13-15-25(16-14-22)31(35)29-30(34(33(37)32(29)36)20-23-9-5-3-6-10-23)26-17-18-27(28(19-26)38-2)39-21-24-11-7-4-8-12-24/h3-19,30,35H,20-21H2,1-2H3. The summed E-state index contributed by atoms with van der Waals surface area (Å²) in [5.41, 5.74) is 4.04. The molecule has 1 aliphatic heterocycles. The fraction of sp³-hybridized carbons (Fsp3) is 0.152. The van der Waals surface area contributed by atoms with Crippen LogP contribution in [0.4, 0.5) is 0 Å². The molecule has 1 atom stereocenters. The number of ketones is 1. The Hall–Kier alpha value is -4.84. The van der Waals surface area contributed by atoms with Gasteiger partial charge < -0.3 is 19.5 Å². The van der Waals surface area contributed by atoms with Gasteiger partial charge in [-0.3, -0.25) is 9.59 Å². The highest BCUT2D eigenvalue weighted by molar-refractivity contribution is 6.46. The third kappa shape index (κ3) is 5.41. The third-order valence-corrected chi connectivity index (χ3v) is 6.80. The Labute approximate surface area is 227 Å². The average Bonchev–Trinajstić information content (AvgIpc) is 3.22. The minimum atomic E-state index is -0.816. The molecule has 1 heterocycles. The third-order valence-electron chi connectivity index (χ3n) is 6.80. The normalized spacial score (nSPS) is 16.4. The summed E-state index contributed by atoms with van der Waals surface area (Å²) in [5, 5.41) is 11.3. The summed E-state index contributed by atoms with van der Waals surface area (Å²) in [6.07, 6.45) is 0. The van der Waals surface area contributed by atoms with Crippen molar-refractivity contribution in [2.75, 3.05) is 7.11 Å². The fourth-order valence-corrected chi connectivity index (χ4v) is 4.75. The minimum Gasteiger partial charge on any atom is -0.507 e. The van der Waals surface area contributed by atoms with Crippen molar-refractivity contribution in [3.63, 3.8) is 0 Å². The van der Waals surface area contributed by atoms with Crippen LogP contribution in [0, 0.1) is 6.92 Å². The quantitative estimate of drug-likeness (QED) is 0.170. The lowest BCUT2D eigenvalue weighted by molar-refractivity contribution is -0.140. The Morgan fingerprint density at radius 1 is 0.821 bits per heavy atom. The zero-order chi connectivity index (χ0) is 27.4. The summed E-state index contributed by atoms with van der Waals surface area (Å²) in [6.45, 7) is 2.50. The van der Waals surface area contributed by atoms with Gasteiger partial charge in [-0.15, -0.1) is 0 Å². The number of hydrogen-bond acceptors (Lipinski definition) is 5. The Morgan fingerprint density at radius 2 is 1.46 bits per heavy atom. The second-order valence-corrected chi connectivity index (χ2v) is 9.46. The summed E-state index contributed by atoms with van der Waals surface area (Å²) in [4.78, 5) is 28.2. The molecule has 0 aliphatic carbocycles. The lowest BCUT2D eigenvalue weighted by Crippen LogP contribution is -2.29. The number of aliphatic hydroxyl groups is 1. The van der Waals surface area contributed by atoms with Crippen molar-refractivity contribution in [1.29, 1.82) is 0 Å². The molecule has 4 aromatic carbocycles. The molecule has 1 fully saturated rings. The van der Waals surface area contributed by atoms with E-state index in [1.807, 2.05) is 79.7 Å². The van der Waals surface area contributed by atoms with Crippen molar-refractivity contribution < 1.29 is 24.2 Å². The number of nitrogens with zero attached hydrogens (tertiary/aromatic N) is 1. The Bertz CT molecular complexity index is 1510. The first-order chi connectivity index (χ1) is 19.0. The van der Waals surface area contributed by atoms with Crippen molar-refractivity contribution >= 4 is 17.4 Å². The summed E-state index contributed by atoms with van der Waals surface area (Å²) in [6, 6.07) is 31.0. The maximum absolute atomic E-state index is 13.4. The molecule has 6 nitrogen and oxygen atoms in total. The van der Waals surface area contributed by atoms with Crippen molar-refractivity contribution in [2.45, 2.75) is 26.1 Å². The van der Waals surface area contributed by atoms with Crippen molar-refractivity contribution in [1.82, 2.24) is 4.90 Å². The van der Waals surface area contributed by atoms with E-state index in [0.29, 0.717) is 29.2 Å². The van der Waals surface area contributed by atoms with Gasteiger partial charge in [0.15, 0.2) is 11.5 Å². The van der Waals surface area contributed by atoms with E-state index in [0.717, 1.165) is 16.7 Å². The van der Waals surface area contributed by atoms with Crippen LogP contribution in [0.5, 0.6) is 11.5 Å². The first kappa shape index (κ1) is 25.8. The summed E-state index contributed by atoms with van der Waals surface area (Å²) < 4.78 is 11.7. The molecule has 0 saturated carbocycles. The van der Waals surface area contributed by atoms with Crippen LogP contribution in [-0.2, 0) is 22.7 Å².